The summed E-state index contributed by atoms with van der Waals surface area (Å²) in [5.74, 6) is -0.420. The Hall–Kier alpha value is -2.48. The lowest BCUT2D eigenvalue weighted by atomic mass is 10.1. The van der Waals surface area contributed by atoms with Crippen molar-refractivity contribution in [1.29, 1.82) is 0 Å². The molecule has 0 radical (unpaired) electrons. The van der Waals surface area contributed by atoms with Crippen LogP contribution in [-0.4, -0.2) is 29.8 Å². The summed E-state index contributed by atoms with van der Waals surface area (Å²) in [5.41, 5.74) is -0.132. The molecule has 0 saturated carbocycles. The van der Waals surface area contributed by atoms with Crippen molar-refractivity contribution < 1.29 is 13.2 Å². The highest BCUT2D eigenvalue weighted by Gasteiger charge is 2.18. The third-order valence-electron chi connectivity index (χ3n) is 2.68. The second kappa shape index (κ2) is 6.33. The van der Waals surface area contributed by atoms with Crippen molar-refractivity contribution in [2.24, 2.45) is 0 Å². The Morgan fingerprint density at radius 2 is 1.61 bits per heavy atom. The molecule has 2 aromatic rings. The van der Waals surface area contributed by atoms with Crippen molar-refractivity contribution >= 4 is 21.9 Å². The van der Waals surface area contributed by atoms with Crippen LogP contribution < -0.4 is 10.0 Å². The van der Waals surface area contributed by atoms with Gasteiger partial charge in [-0.25, -0.2) is 23.1 Å². The minimum absolute atomic E-state index is 0.0961. The zero-order valence-corrected chi connectivity index (χ0v) is 13.9. The minimum Gasteiger partial charge on any atom is -0.347 e. The lowest BCUT2D eigenvalue weighted by Gasteiger charge is -2.20. The molecule has 2 rings (SSSR count). The molecule has 1 amide bonds. The molecular weight excluding hydrogens is 316 g/mol. The molecular formula is C15H18N4O3S. The predicted molar refractivity (Wildman–Crippen MR) is 86.5 cm³/mol. The topological polar surface area (TPSA) is 101 Å². The fourth-order valence-corrected chi connectivity index (χ4v) is 2.67. The first-order valence-electron chi connectivity index (χ1n) is 6.90. The average molecular weight is 334 g/mol. The molecule has 0 aliphatic carbocycles. The van der Waals surface area contributed by atoms with Crippen molar-refractivity contribution in [2.45, 2.75) is 31.2 Å². The molecule has 122 valence electrons. The maximum absolute atomic E-state index is 12.1. The summed E-state index contributed by atoms with van der Waals surface area (Å²) in [6.07, 6.45) is 2.55. The van der Waals surface area contributed by atoms with E-state index in [0.717, 1.165) is 0 Å². The fraction of sp³-hybridized carbons (Fsp3) is 0.267. The molecule has 23 heavy (non-hydrogen) atoms. The van der Waals surface area contributed by atoms with Crippen molar-refractivity contribution in [3.8, 4) is 0 Å². The molecule has 0 aliphatic rings. The van der Waals surface area contributed by atoms with Gasteiger partial charge in [-0.15, -0.1) is 0 Å². The van der Waals surface area contributed by atoms with Gasteiger partial charge in [-0.05, 0) is 32.9 Å². The van der Waals surface area contributed by atoms with E-state index >= 15 is 0 Å². The van der Waals surface area contributed by atoms with Crippen LogP contribution in [0.4, 0.5) is 5.95 Å². The Bertz CT molecular complexity index is 782. The number of rotatable bonds is 4. The number of carbonyl (C=O) groups excluding carboxylic acids is 1. The summed E-state index contributed by atoms with van der Waals surface area (Å²) in [4.78, 5) is 19.8. The van der Waals surface area contributed by atoms with Gasteiger partial charge in [0.1, 0.15) is 0 Å². The van der Waals surface area contributed by atoms with E-state index in [2.05, 4.69) is 20.0 Å². The van der Waals surface area contributed by atoms with Gasteiger partial charge in [0.2, 0.25) is 5.95 Å². The SMILES string of the molecule is CC(C)(C)NC(=O)c1cnc(NS(=O)(=O)c2ccccc2)nc1. The monoisotopic (exact) mass is 334 g/mol. The van der Waals surface area contributed by atoms with Gasteiger partial charge in [0, 0.05) is 17.9 Å². The van der Waals surface area contributed by atoms with Crippen LogP contribution in [0.25, 0.3) is 0 Å². The highest BCUT2D eigenvalue weighted by molar-refractivity contribution is 7.92. The third-order valence-corrected chi connectivity index (χ3v) is 4.03. The summed E-state index contributed by atoms with van der Waals surface area (Å²) in [6, 6.07) is 7.89. The highest BCUT2D eigenvalue weighted by atomic mass is 32.2. The summed E-state index contributed by atoms with van der Waals surface area (Å²) in [7, 11) is -3.75. The largest absolute Gasteiger partial charge is 0.347 e. The van der Waals surface area contributed by atoms with Crippen LogP contribution in [0.5, 0.6) is 0 Å². The zero-order valence-electron chi connectivity index (χ0n) is 13.1. The Kier molecular flexibility index (Phi) is 4.65. The van der Waals surface area contributed by atoms with Crippen molar-refractivity contribution in [2.75, 3.05) is 4.72 Å². The molecule has 0 aliphatic heterocycles. The second-order valence-electron chi connectivity index (χ2n) is 5.92. The summed E-state index contributed by atoms with van der Waals surface area (Å²) in [5, 5.41) is 2.77. The van der Waals surface area contributed by atoms with Crippen LogP contribution in [0.1, 0.15) is 31.1 Å². The lowest BCUT2D eigenvalue weighted by Crippen LogP contribution is -2.40. The fourth-order valence-electron chi connectivity index (χ4n) is 1.69. The maximum atomic E-state index is 12.1. The van der Waals surface area contributed by atoms with Gasteiger partial charge in [-0.2, -0.15) is 0 Å². The molecule has 0 atom stereocenters. The Labute approximate surface area is 135 Å². The molecule has 0 unspecified atom stereocenters. The van der Waals surface area contributed by atoms with E-state index in [4.69, 9.17) is 0 Å². The molecule has 7 nitrogen and oxygen atoms in total. The van der Waals surface area contributed by atoms with E-state index in [1.807, 2.05) is 20.8 Å². The number of nitrogens with zero attached hydrogens (tertiary/aromatic N) is 2. The molecule has 1 aromatic heterocycles. The lowest BCUT2D eigenvalue weighted by molar-refractivity contribution is 0.0919. The van der Waals surface area contributed by atoms with E-state index in [0.29, 0.717) is 0 Å². The number of nitrogens with one attached hydrogen (secondary N) is 2. The van der Waals surface area contributed by atoms with E-state index in [9.17, 15) is 13.2 Å². The predicted octanol–water partition coefficient (Wildman–Crippen LogP) is 1.81. The minimum atomic E-state index is -3.75. The first kappa shape index (κ1) is 16.9. The summed E-state index contributed by atoms with van der Waals surface area (Å²) in [6.45, 7) is 5.57. The molecule has 0 fully saturated rings. The number of amides is 1. The standard InChI is InChI=1S/C15H18N4O3S/c1-15(2,3)18-13(20)11-9-16-14(17-10-11)19-23(21,22)12-7-5-4-6-8-12/h4-10H,1-3H3,(H,18,20)(H,16,17,19). The number of aromatic nitrogens is 2. The van der Waals surface area contributed by atoms with Crippen LogP contribution in [-0.2, 0) is 10.0 Å². The molecule has 0 bridgehead atoms. The maximum Gasteiger partial charge on any atom is 0.264 e. The molecule has 1 heterocycles. The number of hydrogen-bond donors (Lipinski definition) is 2. The van der Waals surface area contributed by atoms with Crippen molar-refractivity contribution in [1.82, 2.24) is 15.3 Å². The quantitative estimate of drug-likeness (QED) is 0.888. The molecule has 0 spiro atoms. The molecule has 2 N–H and O–H groups in total. The van der Waals surface area contributed by atoms with Crippen LogP contribution in [0.15, 0.2) is 47.6 Å². The van der Waals surface area contributed by atoms with Gasteiger partial charge in [0.05, 0.1) is 10.5 Å². The Morgan fingerprint density at radius 1 is 1.04 bits per heavy atom. The van der Waals surface area contributed by atoms with E-state index in [1.54, 1.807) is 18.2 Å². The van der Waals surface area contributed by atoms with Crippen molar-refractivity contribution in [3.05, 3.63) is 48.3 Å². The number of hydrogen-bond acceptors (Lipinski definition) is 5. The van der Waals surface area contributed by atoms with E-state index in [-0.39, 0.29) is 27.9 Å². The number of carbonyl (C=O) groups is 1. The van der Waals surface area contributed by atoms with Crippen LogP contribution in [0.2, 0.25) is 0 Å². The Balaban J connectivity index is 2.13. The molecule has 0 saturated heterocycles. The van der Waals surface area contributed by atoms with E-state index < -0.39 is 10.0 Å². The van der Waals surface area contributed by atoms with Crippen LogP contribution in [0, 0.1) is 0 Å². The Morgan fingerprint density at radius 3 is 2.13 bits per heavy atom. The molecule has 8 heteroatoms. The summed E-state index contributed by atoms with van der Waals surface area (Å²) < 4.78 is 26.5. The first-order chi connectivity index (χ1) is 10.7. The van der Waals surface area contributed by atoms with Crippen LogP contribution in [0.3, 0.4) is 0 Å². The number of sulfonamides is 1. The van der Waals surface area contributed by atoms with Crippen LogP contribution >= 0.6 is 0 Å². The number of benzene rings is 1. The van der Waals surface area contributed by atoms with Crippen molar-refractivity contribution in [3.63, 3.8) is 0 Å². The smallest absolute Gasteiger partial charge is 0.264 e. The third kappa shape index (κ3) is 4.75. The van der Waals surface area contributed by atoms with Gasteiger partial charge in [0.25, 0.3) is 15.9 Å². The molecule has 1 aromatic carbocycles. The van der Waals surface area contributed by atoms with Gasteiger partial charge in [-0.1, -0.05) is 18.2 Å². The summed E-state index contributed by atoms with van der Waals surface area (Å²) >= 11 is 0. The number of anilines is 1. The van der Waals surface area contributed by atoms with Gasteiger partial charge in [-0.3, -0.25) is 4.79 Å². The zero-order chi connectivity index (χ0) is 17.1. The van der Waals surface area contributed by atoms with Gasteiger partial charge in [0.15, 0.2) is 0 Å². The average Bonchev–Trinajstić information content (AvgIpc) is 2.47. The van der Waals surface area contributed by atoms with Gasteiger partial charge < -0.3 is 5.32 Å². The normalized spacial score (nSPS) is 11.8. The first-order valence-corrected chi connectivity index (χ1v) is 8.38. The van der Waals surface area contributed by atoms with E-state index in [1.165, 1.54) is 24.5 Å². The second-order valence-corrected chi connectivity index (χ2v) is 7.60. The van der Waals surface area contributed by atoms with Gasteiger partial charge >= 0.3 is 0 Å². The highest BCUT2D eigenvalue weighted by Crippen LogP contribution is 2.12.